The van der Waals surface area contributed by atoms with Crippen LogP contribution in [0.5, 0.6) is 0 Å². The lowest BCUT2D eigenvalue weighted by molar-refractivity contribution is -0.122. The van der Waals surface area contributed by atoms with Gasteiger partial charge in [-0.2, -0.15) is 0 Å². The van der Waals surface area contributed by atoms with Crippen LogP contribution in [0.3, 0.4) is 0 Å². The predicted molar refractivity (Wildman–Crippen MR) is 102 cm³/mol. The third-order valence-corrected chi connectivity index (χ3v) is 4.92. The Balaban J connectivity index is 1.73. The number of ketones is 1. The van der Waals surface area contributed by atoms with E-state index >= 15 is 0 Å². The summed E-state index contributed by atoms with van der Waals surface area (Å²) in [6.45, 7) is 1.74. The van der Waals surface area contributed by atoms with E-state index in [4.69, 9.17) is 23.2 Å². The van der Waals surface area contributed by atoms with Gasteiger partial charge in [0.25, 0.3) is 0 Å². The number of carbonyl (C=O) groups is 3. The average molecular weight is 391 g/mol. The highest BCUT2D eigenvalue weighted by atomic mass is 35.5. The Kier molecular flexibility index (Phi) is 5.30. The van der Waals surface area contributed by atoms with Crippen LogP contribution in [0.25, 0.3) is 0 Å². The summed E-state index contributed by atoms with van der Waals surface area (Å²) in [6, 6.07) is 11.7. The number of halogens is 2. The number of hydrogen-bond acceptors (Lipinski definition) is 3. The van der Waals surface area contributed by atoms with Crippen molar-refractivity contribution in [2.75, 3.05) is 16.8 Å². The van der Waals surface area contributed by atoms with E-state index in [0.717, 1.165) is 0 Å². The minimum absolute atomic E-state index is 0.0434. The molecule has 2 aromatic carbocycles. The lowest BCUT2D eigenvalue weighted by Gasteiger charge is -2.17. The Morgan fingerprint density at radius 3 is 2.27 bits per heavy atom. The number of para-hydroxylation sites is 1. The third-order valence-electron chi connectivity index (χ3n) is 4.29. The van der Waals surface area contributed by atoms with Gasteiger partial charge in [-0.05, 0) is 43.3 Å². The maximum atomic E-state index is 12.5. The first-order chi connectivity index (χ1) is 12.4. The van der Waals surface area contributed by atoms with Crippen LogP contribution in [0, 0.1) is 5.92 Å². The van der Waals surface area contributed by atoms with Crippen molar-refractivity contribution in [1.29, 1.82) is 0 Å². The zero-order valence-electron chi connectivity index (χ0n) is 14.0. The first-order valence-electron chi connectivity index (χ1n) is 8.03. The molecule has 2 amide bonds. The Bertz CT molecular complexity index is 861. The molecular formula is C19H16Cl2N2O3. The molecule has 1 aliphatic heterocycles. The van der Waals surface area contributed by atoms with E-state index in [1.54, 1.807) is 47.4 Å². The second-order valence-electron chi connectivity index (χ2n) is 6.09. The SMILES string of the molecule is CC(=O)c1ccc(N2CC(C(=O)Nc3c(Cl)cccc3Cl)CC2=O)cc1. The fourth-order valence-corrected chi connectivity index (χ4v) is 3.34. The zero-order valence-corrected chi connectivity index (χ0v) is 15.5. The van der Waals surface area contributed by atoms with E-state index in [-0.39, 0.29) is 30.6 Å². The number of carbonyl (C=O) groups excluding carboxylic acids is 3. The molecule has 1 atom stereocenters. The van der Waals surface area contributed by atoms with E-state index in [0.29, 0.717) is 27.0 Å². The van der Waals surface area contributed by atoms with Crippen LogP contribution in [0.2, 0.25) is 10.0 Å². The normalized spacial score (nSPS) is 16.7. The summed E-state index contributed by atoms with van der Waals surface area (Å²) in [6.07, 6.45) is 0.0996. The van der Waals surface area contributed by atoms with Crippen LogP contribution in [0.1, 0.15) is 23.7 Å². The number of hydrogen-bond donors (Lipinski definition) is 1. The molecule has 1 fully saturated rings. The molecule has 1 aliphatic rings. The molecule has 1 N–H and O–H groups in total. The Morgan fingerprint density at radius 1 is 1.08 bits per heavy atom. The highest BCUT2D eigenvalue weighted by Crippen LogP contribution is 2.32. The van der Waals surface area contributed by atoms with Crippen LogP contribution in [0.15, 0.2) is 42.5 Å². The molecule has 2 aromatic rings. The monoisotopic (exact) mass is 390 g/mol. The largest absolute Gasteiger partial charge is 0.323 e. The standard InChI is InChI=1S/C19H16Cl2N2O3/c1-11(24)12-5-7-14(8-6-12)23-10-13(9-17(23)25)19(26)22-18-15(20)3-2-4-16(18)21/h2-8,13H,9-10H2,1H3,(H,22,26). The van der Waals surface area contributed by atoms with Crippen LogP contribution in [-0.4, -0.2) is 24.1 Å². The van der Waals surface area contributed by atoms with E-state index in [2.05, 4.69) is 5.32 Å². The number of rotatable bonds is 4. The molecule has 0 aromatic heterocycles. The van der Waals surface area contributed by atoms with Crippen molar-refractivity contribution in [3.05, 3.63) is 58.1 Å². The van der Waals surface area contributed by atoms with Gasteiger partial charge in [-0.3, -0.25) is 14.4 Å². The molecule has 1 saturated heterocycles. The molecular weight excluding hydrogens is 375 g/mol. The van der Waals surface area contributed by atoms with E-state index in [1.165, 1.54) is 6.92 Å². The van der Waals surface area contributed by atoms with Gasteiger partial charge in [0.15, 0.2) is 5.78 Å². The second kappa shape index (κ2) is 7.48. The Hall–Kier alpha value is -2.37. The molecule has 1 unspecified atom stereocenters. The van der Waals surface area contributed by atoms with Crippen LogP contribution < -0.4 is 10.2 Å². The summed E-state index contributed by atoms with van der Waals surface area (Å²) in [5.74, 6) is -1.01. The molecule has 0 radical (unpaired) electrons. The van der Waals surface area contributed by atoms with Crippen molar-refractivity contribution < 1.29 is 14.4 Å². The van der Waals surface area contributed by atoms with E-state index < -0.39 is 5.92 Å². The van der Waals surface area contributed by atoms with Crippen molar-refractivity contribution in [1.82, 2.24) is 0 Å². The molecule has 7 heteroatoms. The van der Waals surface area contributed by atoms with Crippen LogP contribution >= 0.6 is 23.2 Å². The highest BCUT2D eigenvalue weighted by molar-refractivity contribution is 6.39. The van der Waals surface area contributed by atoms with Crippen LogP contribution in [-0.2, 0) is 9.59 Å². The molecule has 3 rings (SSSR count). The van der Waals surface area contributed by atoms with Gasteiger partial charge in [-0.15, -0.1) is 0 Å². The van der Waals surface area contributed by atoms with Crippen LogP contribution in [0.4, 0.5) is 11.4 Å². The Morgan fingerprint density at radius 2 is 1.69 bits per heavy atom. The lowest BCUT2D eigenvalue weighted by Crippen LogP contribution is -2.28. The molecule has 26 heavy (non-hydrogen) atoms. The molecule has 0 aliphatic carbocycles. The summed E-state index contributed by atoms with van der Waals surface area (Å²) in [5, 5.41) is 3.39. The quantitative estimate of drug-likeness (QED) is 0.795. The number of amides is 2. The summed E-state index contributed by atoms with van der Waals surface area (Å²) >= 11 is 12.1. The number of anilines is 2. The van der Waals surface area contributed by atoms with Crippen molar-refractivity contribution in [3.8, 4) is 0 Å². The van der Waals surface area contributed by atoms with Gasteiger partial charge in [0.2, 0.25) is 11.8 Å². The summed E-state index contributed by atoms with van der Waals surface area (Å²) in [7, 11) is 0. The molecule has 0 spiro atoms. The number of benzene rings is 2. The second-order valence-corrected chi connectivity index (χ2v) is 6.91. The number of Topliss-reactive ketones (excluding diaryl/α,β-unsaturated/α-hetero) is 1. The van der Waals surface area contributed by atoms with Gasteiger partial charge in [0, 0.05) is 24.2 Å². The van der Waals surface area contributed by atoms with E-state index in [1.807, 2.05) is 0 Å². The minimum Gasteiger partial charge on any atom is -0.323 e. The molecule has 0 bridgehead atoms. The highest BCUT2D eigenvalue weighted by Gasteiger charge is 2.35. The number of nitrogens with zero attached hydrogens (tertiary/aromatic N) is 1. The topological polar surface area (TPSA) is 66.5 Å². The van der Waals surface area contributed by atoms with Crippen molar-refractivity contribution in [2.45, 2.75) is 13.3 Å². The van der Waals surface area contributed by atoms with Gasteiger partial charge < -0.3 is 10.2 Å². The van der Waals surface area contributed by atoms with Crippen molar-refractivity contribution >= 4 is 52.2 Å². The van der Waals surface area contributed by atoms with Crippen molar-refractivity contribution in [2.24, 2.45) is 5.92 Å². The van der Waals surface area contributed by atoms with Gasteiger partial charge in [-0.25, -0.2) is 0 Å². The minimum atomic E-state index is -0.512. The van der Waals surface area contributed by atoms with Crippen molar-refractivity contribution in [3.63, 3.8) is 0 Å². The zero-order chi connectivity index (χ0) is 18.8. The first kappa shape index (κ1) is 18.4. The summed E-state index contributed by atoms with van der Waals surface area (Å²) < 4.78 is 0. The molecule has 134 valence electrons. The van der Waals surface area contributed by atoms with Gasteiger partial charge >= 0.3 is 0 Å². The predicted octanol–water partition coefficient (Wildman–Crippen LogP) is 4.19. The number of nitrogens with one attached hydrogen (secondary N) is 1. The van der Waals surface area contributed by atoms with Gasteiger partial charge in [0.1, 0.15) is 0 Å². The maximum Gasteiger partial charge on any atom is 0.229 e. The lowest BCUT2D eigenvalue weighted by atomic mass is 10.1. The average Bonchev–Trinajstić information content (AvgIpc) is 3.00. The third kappa shape index (κ3) is 3.74. The Labute approximate surface area is 160 Å². The molecule has 0 saturated carbocycles. The summed E-state index contributed by atoms with van der Waals surface area (Å²) in [5.41, 5.74) is 1.58. The molecule has 5 nitrogen and oxygen atoms in total. The first-order valence-corrected chi connectivity index (χ1v) is 8.78. The maximum absolute atomic E-state index is 12.5. The van der Waals surface area contributed by atoms with Gasteiger partial charge in [-0.1, -0.05) is 29.3 Å². The summed E-state index contributed by atoms with van der Waals surface area (Å²) in [4.78, 5) is 37.8. The smallest absolute Gasteiger partial charge is 0.229 e. The fraction of sp³-hybridized carbons (Fsp3) is 0.211. The van der Waals surface area contributed by atoms with Gasteiger partial charge in [0.05, 0.1) is 21.7 Å². The fourth-order valence-electron chi connectivity index (χ4n) is 2.85. The molecule has 1 heterocycles. The van der Waals surface area contributed by atoms with E-state index in [9.17, 15) is 14.4 Å².